The Hall–Kier alpha value is -1.63. The Balaban J connectivity index is 2.01. The van der Waals surface area contributed by atoms with Gasteiger partial charge in [-0.2, -0.15) is 0 Å². The zero-order valence-corrected chi connectivity index (χ0v) is 14.7. The molecule has 4 aliphatic rings. The number of carbonyl (C=O) groups excluding carboxylic acids is 2. The molecule has 7 heteroatoms. The monoisotopic (exact) mass is 352 g/mol. The second kappa shape index (κ2) is 6.59. The Morgan fingerprint density at radius 1 is 1.24 bits per heavy atom. The minimum atomic E-state index is -1.18. The maximum atomic E-state index is 13.0. The molecule has 0 saturated heterocycles. The zero-order valence-electron chi connectivity index (χ0n) is 15.7. The molecule has 7 nitrogen and oxygen atoms in total. The predicted molar refractivity (Wildman–Crippen MR) is 91.3 cm³/mol. The Morgan fingerprint density at radius 2 is 1.80 bits per heavy atom. The average Bonchev–Trinajstić information content (AvgIpc) is 2.54. The lowest BCUT2D eigenvalue weighted by atomic mass is 9.52. The van der Waals surface area contributed by atoms with E-state index in [1.165, 1.54) is 4.90 Å². The summed E-state index contributed by atoms with van der Waals surface area (Å²) in [6.45, 7) is 1.54. The van der Waals surface area contributed by atoms with E-state index in [0.29, 0.717) is 24.7 Å². The van der Waals surface area contributed by atoms with Gasteiger partial charge in [-0.25, -0.2) is 4.79 Å². The van der Waals surface area contributed by atoms with E-state index in [4.69, 9.17) is 12.8 Å². The van der Waals surface area contributed by atoms with E-state index in [1.807, 2.05) is 0 Å². The summed E-state index contributed by atoms with van der Waals surface area (Å²) in [5, 5.41) is 9.83. The van der Waals surface area contributed by atoms with E-state index in [1.54, 1.807) is 6.92 Å². The van der Waals surface area contributed by atoms with Gasteiger partial charge in [0.25, 0.3) is 0 Å². The van der Waals surface area contributed by atoms with E-state index >= 15 is 0 Å². The summed E-state index contributed by atoms with van der Waals surface area (Å²) in [4.78, 5) is 37.7. The van der Waals surface area contributed by atoms with E-state index in [-0.39, 0.29) is 18.8 Å². The van der Waals surface area contributed by atoms with Crippen LogP contribution in [-0.4, -0.2) is 45.4 Å². The van der Waals surface area contributed by atoms with Crippen molar-refractivity contribution in [3.63, 3.8) is 0 Å². The molecule has 0 radical (unpaired) electrons. The number of hydrogen-bond donors (Lipinski definition) is 3. The van der Waals surface area contributed by atoms with E-state index in [0.717, 1.165) is 19.3 Å². The Morgan fingerprint density at radius 3 is 2.28 bits per heavy atom. The van der Waals surface area contributed by atoms with Crippen molar-refractivity contribution in [2.24, 2.45) is 29.2 Å². The molecule has 4 rings (SSSR count). The van der Waals surface area contributed by atoms with Gasteiger partial charge in [-0.15, -0.1) is 0 Å². The highest BCUT2D eigenvalue weighted by atomic mass is 16.4. The first-order valence-corrected chi connectivity index (χ1v) is 9.18. The number of carboxylic acid groups (broad SMARTS) is 1. The molecule has 2 amide bonds. The van der Waals surface area contributed by atoms with Crippen LogP contribution in [0.15, 0.2) is 0 Å². The van der Waals surface area contributed by atoms with Crippen LogP contribution in [0.1, 0.15) is 59.6 Å². The van der Waals surface area contributed by atoms with Crippen molar-refractivity contribution >= 4 is 17.8 Å². The van der Waals surface area contributed by atoms with Gasteiger partial charge < -0.3 is 21.5 Å². The average molecular weight is 352 g/mol. The lowest BCUT2D eigenvalue weighted by molar-refractivity contribution is -0.170. The summed E-state index contributed by atoms with van der Waals surface area (Å²) in [7, 11) is 0. The molecule has 140 valence electrons. The van der Waals surface area contributed by atoms with Gasteiger partial charge in [-0.3, -0.25) is 9.59 Å². The van der Waals surface area contributed by atoms with Crippen LogP contribution in [0.25, 0.3) is 0 Å². The normalized spacial score (nSPS) is 38.7. The Labute approximate surface area is 149 Å². The van der Waals surface area contributed by atoms with Crippen LogP contribution in [0.3, 0.4) is 0 Å². The number of nitrogens with two attached hydrogens (primary N) is 2. The van der Waals surface area contributed by atoms with Gasteiger partial charge in [0.15, 0.2) is 0 Å². The van der Waals surface area contributed by atoms with Gasteiger partial charge in [0.2, 0.25) is 11.8 Å². The van der Waals surface area contributed by atoms with Gasteiger partial charge in [-0.1, -0.05) is 0 Å². The largest absolute Gasteiger partial charge is 0.480 e. The molecule has 0 aromatic rings. The van der Waals surface area contributed by atoms with Crippen molar-refractivity contribution in [2.75, 3.05) is 0 Å². The molecule has 4 bridgehead atoms. The minimum Gasteiger partial charge on any atom is -0.480 e. The van der Waals surface area contributed by atoms with Crippen LogP contribution in [0.2, 0.25) is 0 Å². The lowest BCUT2D eigenvalue weighted by Gasteiger charge is -2.61. The SMILES string of the molecule is [2H]C1C2CC3CC(C2)CC1(N(C(=O)[C@H](C)N)[C@@H](CCC(N)=O)C(=O)O)C3. The Bertz CT molecular complexity index is 597. The molecule has 25 heavy (non-hydrogen) atoms. The number of carboxylic acids is 1. The third-order valence-electron chi connectivity index (χ3n) is 6.14. The Kier molecular flexibility index (Phi) is 4.43. The summed E-state index contributed by atoms with van der Waals surface area (Å²) in [5.41, 5.74) is 10.3. The van der Waals surface area contributed by atoms with Crippen LogP contribution in [-0.2, 0) is 14.4 Å². The molecular formula is C18H29N3O4. The smallest absolute Gasteiger partial charge is 0.326 e. The van der Waals surface area contributed by atoms with Crippen molar-refractivity contribution in [3.8, 4) is 0 Å². The molecule has 0 aliphatic heterocycles. The quantitative estimate of drug-likeness (QED) is 0.626. The first-order valence-electron chi connectivity index (χ1n) is 9.75. The summed E-state index contributed by atoms with van der Waals surface area (Å²) in [5.74, 6) is -1.14. The molecule has 0 aromatic carbocycles. The van der Waals surface area contributed by atoms with E-state index < -0.39 is 41.8 Å². The number of amides is 2. The topological polar surface area (TPSA) is 127 Å². The van der Waals surface area contributed by atoms with Crippen LogP contribution < -0.4 is 11.5 Å². The predicted octanol–water partition coefficient (Wildman–Crippen LogP) is 0.850. The van der Waals surface area contributed by atoms with Crippen molar-refractivity contribution in [1.29, 1.82) is 0 Å². The first-order chi connectivity index (χ1) is 12.2. The number of hydrogen-bond acceptors (Lipinski definition) is 4. The molecule has 4 fully saturated rings. The van der Waals surface area contributed by atoms with E-state index in [9.17, 15) is 19.5 Å². The van der Waals surface area contributed by atoms with Crippen LogP contribution in [0.4, 0.5) is 0 Å². The second-order valence-electron chi connectivity index (χ2n) is 8.23. The molecule has 0 heterocycles. The third kappa shape index (κ3) is 3.38. The van der Waals surface area contributed by atoms with Crippen molar-refractivity contribution in [2.45, 2.75) is 75.9 Å². The summed E-state index contributed by atoms with van der Waals surface area (Å²) < 4.78 is 8.84. The molecular weight excluding hydrogens is 322 g/mol. The number of nitrogens with zero attached hydrogens (tertiary/aromatic N) is 1. The highest BCUT2D eigenvalue weighted by molar-refractivity contribution is 5.88. The lowest BCUT2D eigenvalue weighted by Crippen LogP contribution is -2.67. The molecule has 5 atom stereocenters. The van der Waals surface area contributed by atoms with Gasteiger partial charge in [-0.05, 0) is 69.6 Å². The number of aliphatic carboxylic acids is 1. The first kappa shape index (κ1) is 16.8. The van der Waals surface area contributed by atoms with Crippen molar-refractivity contribution in [3.05, 3.63) is 0 Å². The summed E-state index contributed by atoms with van der Waals surface area (Å²) >= 11 is 0. The van der Waals surface area contributed by atoms with Gasteiger partial charge >= 0.3 is 5.97 Å². The standard InChI is InChI=1S/C18H29N3O4/c1-10(19)16(23)21(14(17(24)25)2-3-15(20)22)18-7-11-4-12(8-18)6-13(5-11)9-18/h10-14H,2-9,19H2,1H3,(H2,20,22)(H,24,25)/t10-,11?,12?,13?,14-,18?/m0/s1/i7D/t7?,10-,11?,12?,13?,14-,18?. The fourth-order valence-electron chi connectivity index (χ4n) is 5.57. The molecule has 0 spiro atoms. The molecule has 3 unspecified atom stereocenters. The molecule has 4 saturated carbocycles. The molecule has 4 aliphatic carbocycles. The van der Waals surface area contributed by atoms with Gasteiger partial charge in [0.05, 0.1) is 6.04 Å². The molecule has 0 aromatic heterocycles. The zero-order chi connectivity index (χ0) is 19.2. The minimum absolute atomic E-state index is 0.0441. The van der Waals surface area contributed by atoms with Gasteiger partial charge in [0.1, 0.15) is 6.04 Å². The van der Waals surface area contributed by atoms with Crippen LogP contribution >= 0.6 is 0 Å². The summed E-state index contributed by atoms with van der Waals surface area (Å²) in [6.07, 6.45) is 3.74. The van der Waals surface area contributed by atoms with Crippen LogP contribution in [0, 0.1) is 17.8 Å². The van der Waals surface area contributed by atoms with Crippen molar-refractivity contribution in [1.82, 2.24) is 4.90 Å². The fraction of sp³-hybridized carbons (Fsp3) is 0.833. The maximum absolute atomic E-state index is 13.0. The summed E-state index contributed by atoms with van der Waals surface area (Å²) in [6, 6.07) is -2.03. The highest BCUT2D eigenvalue weighted by Crippen LogP contribution is 2.58. The van der Waals surface area contributed by atoms with Gasteiger partial charge in [0, 0.05) is 13.3 Å². The number of primary amides is 1. The van der Waals surface area contributed by atoms with E-state index in [2.05, 4.69) is 0 Å². The van der Waals surface area contributed by atoms with Crippen LogP contribution in [0.5, 0.6) is 0 Å². The number of rotatable bonds is 7. The maximum Gasteiger partial charge on any atom is 0.326 e. The fourth-order valence-corrected chi connectivity index (χ4v) is 5.57. The highest BCUT2D eigenvalue weighted by Gasteiger charge is 2.57. The molecule has 5 N–H and O–H groups in total. The van der Waals surface area contributed by atoms with Crippen molar-refractivity contribution < 1.29 is 20.9 Å². The number of carbonyl (C=O) groups is 3. The third-order valence-corrected chi connectivity index (χ3v) is 6.14. The second-order valence-corrected chi connectivity index (χ2v) is 8.23.